The van der Waals surface area contributed by atoms with E-state index >= 15 is 0 Å². The number of aromatic nitrogens is 1. The van der Waals surface area contributed by atoms with Crippen LogP contribution >= 0.6 is 11.3 Å². The number of thiazole rings is 1. The molecule has 5 rings (SSSR count). The number of rotatable bonds is 7. The number of para-hydroxylation sites is 1. The summed E-state index contributed by atoms with van der Waals surface area (Å²) < 4.78 is 12.1. The molecule has 1 amide bonds. The maximum absolute atomic E-state index is 13.6. The lowest BCUT2D eigenvalue weighted by molar-refractivity contribution is 0.0988. The molecule has 6 nitrogen and oxygen atoms in total. The van der Waals surface area contributed by atoms with E-state index in [1.807, 2.05) is 79.7 Å². The number of anilines is 1. The summed E-state index contributed by atoms with van der Waals surface area (Å²) in [5.41, 5.74) is 3.27. The Balaban J connectivity index is 1.46. The van der Waals surface area contributed by atoms with Gasteiger partial charge in [-0.2, -0.15) is 10.1 Å². The van der Waals surface area contributed by atoms with Crippen LogP contribution in [0.5, 0.6) is 17.2 Å². The van der Waals surface area contributed by atoms with Crippen molar-refractivity contribution in [3.05, 3.63) is 114 Å². The van der Waals surface area contributed by atoms with E-state index in [1.165, 1.54) is 16.3 Å². The van der Waals surface area contributed by atoms with Crippen molar-refractivity contribution in [2.24, 2.45) is 5.10 Å². The van der Waals surface area contributed by atoms with Gasteiger partial charge in [0.2, 0.25) is 5.13 Å². The van der Waals surface area contributed by atoms with Crippen LogP contribution in [0.15, 0.2) is 102 Å². The molecule has 1 aromatic heterocycles. The normalized spacial score (nSPS) is 11.1. The van der Waals surface area contributed by atoms with Gasteiger partial charge in [-0.25, -0.2) is 4.98 Å². The van der Waals surface area contributed by atoms with Crippen LogP contribution in [-0.4, -0.2) is 24.2 Å². The van der Waals surface area contributed by atoms with Gasteiger partial charge in [0.15, 0.2) is 0 Å². The second-order valence-electron chi connectivity index (χ2n) is 8.04. The average molecular weight is 494 g/mol. The molecule has 4 aromatic carbocycles. The van der Waals surface area contributed by atoms with Gasteiger partial charge < -0.3 is 9.47 Å². The fraction of sp³-hybridized carbons (Fsp3) is 0.0690. The molecule has 0 saturated heterocycles. The van der Waals surface area contributed by atoms with Crippen LogP contribution < -0.4 is 14.5 Å². The Morgan fingerprint density at radius 1 is 0.889 bits per heavy atom. The zero-order valence-electron chi connectivity index (χ0n) is 19.8. The number of hydrogen-bond donors (Lipinski definition) is 0. The van der Waals surface area contributed by atoms with Gasteiger partial charge in [-0.15, -0.1) is 0 Å². The van der Waals surface area contributed by atoms with Crippen LogP contribution in [0.3, 0.4) is 0 Å². The van der Waals surface area contributed by atoms with Crippen LogP contribution in [0.1, 0.15) is 21.5 Å². The molecule has 0 atom stereocenters. The second kappa shape index (κ2) is 10.4. The number of carbonyl (C=O) groups is 1. The molecule has 178 valence electrons. The van der Waals surface area contributed by atoms with E-state index in [0.717, 1.165) is 32.8 Å². The Morgan fingerprint density at radius 3 is 2.31 bits per heavy atom. The third kappa shape index (κ3) is 5.26. The predicted molar refractivity (Wildman–Crippen MR) is 145 cm³/mol. The molecule has 36 heavy (non-hydrogen) atoms. The highest BCUT2D eigenvalue weighted by Crippen LogP contribution is 2.32. The molecule has 0 aliphatic heterocycles. The zero-order chi connectivity index (χ0) is 24.9. The van der Waals surface area contributed by atoms with Gasteiger partial charge in [-0.1, -0.05) is 59.4 Å². The molecule has 0 fully saturated rings. The van der Waals surface area contributed by atoms with Crippen LogP contribution in [-0.2, 0) is 0 Å². The first-order valence-corrected chi connectivity index (χ1v) is 12.1. The Hall–Kier alpha value is -4.49. The maximum atomic E-state index is 13.6. The molecule has 1 heterocycles. The number of methoxy groups -OCH3 is 1. The number of ether oxygens (including phenoxy) is 2. The summed E-state index contributed by atoms with van der Waals surface area (Å²) in [6.07, 6.45) is 1.66. The van der Waals surface area contributed by atoms with E-state index in [9.17, 15) is 4.79 Å². The van der Waals surface area contributed by atoms with Gasteiger partial charge in [0.05, 0.1) is 23.5 Å². The van der Waals surface area contributed by atoms with Gasteiger partial charge in [-0.05, 0) is 67.1 Å². The molecule has 0 radical (unpaired) electrons. The lowest BCUT2D eigenvalue weighted by Crippen LogP contribution is -2.25. The minimum Gasteiger partial charge on any atom is -0.497 e. The number of amides is 1. The van der Waals surface area contributed by atoms with Crippen molar-refractivity contribution in [3.63, 3.8) is 0 Å². The summed E-state index contributed by atoms with van der Waals surface area (Å²) in [7, 11) is 1.62. The second-order valence-corrected chi connectivity index (χ2v) is 9.05. The maximum Gasteiger partial charge on any atom is 0.280 e. The molecular weight excluding hydrogens is 470 g/mol. The molecule has 0 aliphatic carbocycles. The van der Waals surface area contributed by atoms with Crippen molar-refractivity contribution in [3.8, 4) is 17.2 Å². The summed E-state index contributed by atoms with van der Waals surface area (Å²) in [5.74, 6) is 1.80. The molecule has 0 N–H and O–H groups in total. The van der Waals surface area contributed by atoms with Crippen LogP contribution in [0.4, 0.5) is 5.13 Å². The van der Waals surface area contributed by atoms with Gasteiger partial charge in [0.25, 0.3) is 5.91 Å². The van der Waals surface area contributed by atoms with E-state index in [1.54, 1.807) is 37.6 Å². The number of benzene rings is 4. The topological polar surface area (TPSA) is 64.0 Å². The van der Waals surface area contributed by atoms with Crippen molar-refractivity contribution < 1.29 is 14.3 Å². The van der Waals surface area contributed by atoms with Gasteiger partial charge >= 0.3 is 0 Å². The average Bonchev–Trinajstić information content (AvgIpc) is 3.33. The number of nitrogens with zero attached hydrogens (tertiary/aromatic N) is 3. The molecular formula is C29H23N3O3S. The summed E-state index contributed by atoms with van der Waals surface area (Å²) in [6, 6.07) is 30.0. The molecule has 0 aliphatic rings. The third-order valence-corrected chi connectivity index (χ3v) is 6.43. The quantitative estimate of drug-likeness (QED) is 0.179. The Labute approximate surface area is 213 Å². The summed E-state index contributed by atoms with van der Waals surface area (Å²) in [5, 5.41) is 6.35. The minimum atomic E-state index is -0.296. The fourth-order valence-electron chi connectivity index (χ4n) is 3.49. The van der Waals surface area contributed by atoms with Crippen molar-refractivity contribution in [1.29, 1.82) is 0 Å². The van der Waals surface area contributed by atoms with Gasteiger partial charge in [-0.3, -0.25) is 4.79 Å². The highest BCUT2D eigenvalue weighted by molar-refractivity contribution is 7.22. The largest absolute Gasteiger partial charge is 0.497 e. The molecule has 5 aromatic rings. The fourth-order valence-corrected chi connectivity index (χ4v) is 4.44. The smallest absolute Gasteiger partial charge is 0.280 e. The zero-order valence-corrected chi connectivity index (χ0v) is 20.6. The van der Waals surface area contributed by atoms with E-state index < -0.39 is 0 Å². The number of aryl methyl sites for hydroxylation is 1. The summed E-state index contributed by atoms with van der Waals surface area (Å²) in [6.45, 7) is 2.03. The highest BCUT2D eigenvalue weighted by atomic mass is 32.1. The highest BCUT2D eigenvalue weighted by Gasteiger charge is 2.21. The number of hydrazone groups is 1. The van der Waals surface area contributed by atoms with Gasteiger partial charge in [0.1, 0.15) is 17.2 Å². The third-order valence-electron chi connectivity index (χ3n) is 5.44. The Kier molecular flexibility index (Phi) is 6.73. The SMILES string of the molecule is COc1ccc2nc(N(/N=C/c3ccc(C)cc3)C(=O)c3ccc(Oc4ccccc4)cc3)sc2c1. The minimum absolute atomic E-state index is 0.296. The monoisotopic (exact) mass is 493 g/mol. The lowest BCUT2D eigenvalue weighted by atomic mass is 10.2. The Morgan fingerprint density at radius 2 is 1.58 bits per heavy atom. The van der Waals surface area contributed by atoms with Crippen LogP contribution in [0.2, 0.25) is 0 Å². The van der Waals surface area contributed by atoms with E-state index in [0.29, 0.717) is 16.4 Å². The number of fused-ring (bicyclic) bond motifs is 1. The first-order valence-electron chi connectivity index (χ1n) is 11.3. The number of carbonyl (C=O) groups excluding carboxylic acids is 1. The van der Waals surface area contributed by atoms with Crippen molar-refractivity contribution >= 4 is 38.8 Å². The lowest BCUT2D eigenvalue weighted by Gasteiger charge is -2.14. The van der Waals surface area contributed by atoms with Crippen molar-refractivity contribution in [1.82, 2.24) is 4.98 Å². The van der Waals surface area contributed by atoms with E-state index in [4.69, 9.17) is 9.47 Å². The van der Waals surface area contributed by atoms with Crippen LogP contribution in [0.25, 0.3) is 10.2 Å². The standard InChI is InChI=1S/C29H23N3O3S/c1-20-8-10-21(11-9-20)19-30-32(29-31-26-17-16-25(34-2)18-27(26)36-29)28(33)22-12-14-24(15-13-22)35-23-6-4-3-5-7-23/h3-19H,1-2H3/b30-19+. The molecule has 0 spiro atoms. The molecule has 0 bridgehead atoms. The van der Waals surface area contributed by atoms with Crippen molar-refractivity contribution in [2.45, 2.75) is 6.92 Å². The van der Waals surface area contributed by atoms with Crippen molar-refractivity contribution in [2.75, 3.05) is 12.1 Å². The summed E-state index contributed by atoms with van der Waals surface area (Å²) in [4.78, 5) is 18.3. The molecule has 7 heteroatoms. The Bertz CT molecular complexity index is 1510. The van der Waals surface area contributed by atoms with E-state index in [2.05, 4.69) is 10.1 Å². The predicted octanol–water partition coefficient (Wildman–Crippen LogP) is 7.09. The molecule has 0 unspecified atom stereocenters. The first-order chi connectivity index (χ1) is 17.6. The first kappa shape index (κ1) is 23.3. The van der Waals surface area contributed by atoms with Gasteiger partial charge in [0, 0.05) is 5.56 Å². The number of hydrogen-bond acceptors (Lipinski definition) is 6. The van der Waals surface area contributed by atoms with Crippen LogP contribution in [0, 0.1) is 6.92 Å². The molecule has 0 saturated carbocycles. The van der Waals surface area contributed by atoms with E-state index in [-0.39, 0.29) is 5.91 Å². The summed E-state index contributed by atoms with van der Waals surface area (Å²) >= 11 is 1.38.